The van der Waals surface area contributed by atoms with Gasteiger partial charge in [0.2, 0.25) is 0 Å². The Morgan fingerprint density at radius 3 is 3.24 bits per heavy atom. The van der Waals surface area contributed by atoms with Crippen LogP contribution in [0.2, 0.25) is 0 Å². The molecule has 1 saturated heterocycles. The molecule has 1 unspecified atom stereocenters. The molecule has 0 spiro atoms. The Morgan fingerprint density at radius 2 is 2.41 bits per heavy atom. The lowest BCUT2D eigenvalue weighted by Crippen LogP contribution is -2.39. The predicted octanol–water partition coefficient (Wildman–Crippen LogP) is 1.74. The molecule has 1 aliphatic heterocycles. The molecule has 0 aromatic carbocycles. The highest BCUT2D eigenvalue weighted by atomic mass is 79.9. The van der Waals surface area contributed by atoms with Crippen LogP contribution in [0.1, 0.15) is 5.82 Å². The predicted molar refractivity (Wildman–Crippen MR) is 73.5 cm³/mol. The molecule has 0 amide bonds. The van der Waals surface area contributed by atoms with Crippen LogP contribution in [0.3, 0.4) is 0 Å². The summed E-state index contributed by atoms with van der Waals surface area (Å²) < 4.78 is 3.11. The highest BCUT2D eigenvalue weighted by Crippen LogP contribution is 2.15. The fraction of sp³-hybridized carbons (Fsp3) is 0.455. The molecule has 90 valence electrons. The smallest absolute Gasteiger partial charge is 0.160 e. The molecule has 0 saturated carbocycles. The second-order valence-corrected chi connectivity index (χ2v) is 6.19. The van der Waals surface area contributed by atoms with Gasteiger partial charge >= 0.3 is 0 Å². The van der Waals surface area contributed by atoms with E-state index in [1.165, 1.54) is 5.75 Å². The summed E-state index contributed by atoms with van der Waals surface area (Å²) in [6.07, 6.45) is 2.96. The summed E-state index contributed by atoms with van der Waals surface area (Å²) in [5.41, 5.74) is 0.909. The SMILES string of the molecule is Brc1ccc2nnc(CC3CSCCN3)n2c1. The van der Waals surface area contributed by atoms with Gasteiger partial charge in [0.1, 0.15) is 5.82 Å². The fourth-order valence-corrected chi connectivity index (χ4v) is 3.31. The van der Waals surface area contributed by atoms with Gasteiger partial charge in [0.05, 0.1) is 0 Å². The zero-order chi connectivity index (χ0) is 11.7. The third-order valence-corrected chi connectivity index (χ3v) is 4.46. The normalized spacial score (nSPS) is 20.9. The zero-order valence-electron chi connectivity index (χ0n) is 9.27. The van der Waals surface area contributed by atoms with E-state index in [-0.39, 0.29) is 0 Å². The standard InChI is InChI=1S/C11H13BrN4S/c12-8-1-2-10-14-15-11(16(10)6-8)5-9-7-17-4-3-13-9/h1-2,6,9,13H,3-5,7H2. The van der Waals surface area contributed by atoms with Crippen molar-refractivity contribution in [3.8, 4) is 0 Å². The van der Waals surface area contributed by atoms with Crippen LogP contribution in [0, 0.1) is 0 Å². The number of rotatable bonds is 2. The summed E-state index contributed by atoms with van der Waals surface area (Å²) in [6, 6.07) is 4.48. The maximum absolute atomic E-state index is 4.27. The van der Waals surface area contributed by atoms with Crippen LogP contribution in [-0.2, 0) is 6.42 Å². The van der Waals surface area contributed by atoms with Crippen molar-refractivity contribution in [2.45, 2.75) is 12.5 Å². The third-order valence-electron chi connectivity index (χ3n) is 2.86. The minimum absolute atomic E-state index is 0.514. The molecule has 4 nitrogen and oxygen atoms in total. The second-order valence-electron chi connectivity index (χ2n) is 4.12. The van der Waals surface area contributed by atoms with Crippen molar-refractivity contribution in [1.82, 2.24) is 19.9 Å². The maximum Gasteiger partial charge on any atom is 0.160 e. The lowest BCUT2D eigenvalue weighted by Gasteiger charge is -2.22. The van der Waals surface area contributed by atoms with Crippen LogP contribution in [-0.4, -0.2) is 38.7 Å². The van der Waals surface area contributed by atoms with Crippen LogP contribution >= 0.6 is 27.7 Å². The number of nitrogens with one attached hydrogen (secondary N) is 1. The van der Waals surface area contributed by atoms with Crippen LogP contribution in [0.25, 0.3) is 5.65 Å². The lowest BCUT2D eigenvalue weighted by atomic mass is 10.2. The minimum atomic E-state index is 0.514. The van der Waals surface area contributed by atoms with E-state index in [0.717, 1.165) is 34.7 Å². The highest BCUT2D eigenvalue weighted by molar-refractivity contribution is 9.10. The average Bonchev–Trinajstić information content (AvgIpc) is 2.73. The molecule has 0 bridgehead atoms. The number of thioether (sulfide) groups is 1. The molecule has 0 radical (unpaired) electrons. The van der Waals surface area contributed by atoms with Gasteiger partial charge in [-0.1, -0.05) is 0 Å². The van der Waals surface area contributed by atoms with E-state index in [2.05, 4.69) is 35.8 Å². The Morgan fingerprint density at radius 1 is 1.47 bits per heavy atom. The van der Waals surface area contributed by atoms with E-state index < -0.39 is 0 Å². The largest absolute Gasteiger partial charge is 0.312 e. The minimum Gasteiger partial charge on any atom is -0.312 e. The summed E-state index contributed by atoms with van der Waals surface area (Å²) in [5.74, 6) is 3.40. The number of hydrogen-bond acceptors (Lipinski definition) is 4. The van der Waals surface area contributed by atoms with E-state index in [1.54, 1.807) is 0 Å². The van der Waals surface area contributed by atoms with Gasteiger partial charge in [-0.15, -0.1) is 10.2 Å². The van der Waals surface area contributed by atoms with Crippen molar-refractivity contribution in [1.29, 1.82) is 0 Å². The Bertz CT molecular complexity index is 521. The van der Waals surface area contributed by atoms with E-state index in [9.17, 15) is 0 Å². The molecule has 1 N–H and O–H groups in total. The van der Waals surface area contributed by atoms with Gasteiger partial charge in [-0.05, 0) is 28.1 Å². The first kappa shape index (κ1) is 11.5. The van der Waals surface area contributed by atoms with Crippen molar-refractivity contribution in [3.05, 3.63) is 28.6 Å². The highest BCUT2D eigenvalue weighted by Gasteiger charge is 2.16. The number of pyridine rings is 1. The van der Waals surface area contributed by atoms with Crippen LogP contribution in [0.4, 0.5) is 0 Å². The molecule has 17 heavy (non-hydrogen) atoms. The van der Waals surface area contributed by atoms with Crippen molar-refractivity contribution in [3.63, 3.8) is 0 Å². The topological polar surface area (TPSA) is 42.2 Å². The van der Waals surface area contributed by atoms with E-state index in [1.807, 2.05) is 30.1 Å². The molecule has 3 rings (SSSR count). The maximum atomic E-state index is 4.27. The molecule has 3 heterocycles. The molecule has 1 atom stereocenters. The summed E-state index contributed by atoms with van der Waals surface area (Å²) in [4.78, 5) is 0. The number of nitrogens with zero attached hydrogens (tertiary/aromatic N) is 3. The van der Waals surface area contributed by atoms with Gasteiger partial charge in [-0.25, -0.2) is 0 Å². The number of halogens is 1. The summed E-state index contributed by atoms with van der Waals surface area (Å²) in [5, 5.41) is 12.0. The van der Waals surface area contributed by atoms with E-state index in [0.29, 0.717) is 6.04 Å². The number of hydrogen-bond donors (Lipinski definition) is 1. The van der Waals surface area contributed by atoms with Gasteiger partial charge in [0, 0.05) is 41.2 Å². The zero-order valence-corrected chi connectivity index (χ0v) is 11.7. The molecule has 0 aliphatic carbocycles. The first-order chi connectivity index (χ1) is 8.33. The third kappa shape index (κ3) is 2.48. The van der Waals surface area contributed by atoms with Crippen LogP contribution < -0.4 is 5.32 Å². The quantitative estimate of drug-likeness (QED) is 0.917. The first-order valence-electron chi connectivity index (χ1n) is 5.63. The Labute approximate surface area is 112 Å². The molecule has 6 heteroatoms. The molecule has 1 fully saturated rings. The van der Waals surface area contributed by atoms with E-state index >= 15 is 0 Å². The van der Waals surface area contributed by atoms with Crippen molar-refractivity contribution in [2.75, 3.05) is 18.1 Å². The fourth-order valence-electron chi connectivity index (χ4n) is 2.02. The summed E-state index contributed by atoms with van der Waals surface area (Å²) >= 11 is 5.48. The van der Waals surface area contributed by atoms with Gasteiger partial charge in [-0.2, -0.15) is 11.8 Å². The van der Waals surface area contributed by atoms with Gasteiger partial charge in [0.25, 0.3) is 0 Å². The monoisotopic (exact) mass is 312 g/mol. The number of aromatic nitrogens is 3. The van der Waals surface area contributed by atoms with Gasteiger partial charge < -0.3 is 5.32 Å². The van der Waals surface area contributed by atoms with Gasteiger partial charge in [0.15, 0.2) is 5.65 Å². The summed E-state index contributed by atoms with van der Waals surface area (Å²) in [7, 11) is 0. The molecule has 1 aliphatic rings. The Hall–Kier alpha value is -0.590. The van der Waals surface area contributed by atoms with E-state index in [4.69, 9.17) is 0 Å². The van der Waals surface area contributed by atoms with Crippen molar-refractivity contribution >= 4 is 33.3 Å². The van der Waals surface area contributed by atoms with Crippen molar-refractivity contribution in [2.24, 2.45) is 0 Å². The summed E-state index contributed by atoms with van der Waals surface area (Å²) in [6.45, 7) is 1.09. The van der Waals surface area contributed by atoms with Gasteiger partial charge in [-0.3, -0.25) is 4.40 Å². The molecular weight excluding hydrogens is 300 g/mol. The lowest BCUT2D eigenvalue weighted by molar-refractivity contribution is 0.548. The van der Waals surface area contributed by atoms with Crippen LogP contribution in [0.5, 0.6) is 0 Å². The second kappa shape index (κ2) is 4.96. The average molecular weight is 313 g/mol. The Kier molecular flexibility index (Phi) is 3.35. The van der Waals surface area contributed by atoms with Crippen LogP contribution in [0.15, 0.2) is 22.8 Å². The first-order valence-corrected chi connectivity index (χ1v) is 7.58. The molecule has 2 aromatic rings. The molecular formula is C11H13BrN4S. The van der Waals surface area contributed by atoms with Crippen molar-refractivity contribution < 1.29 is 0 Å². The Balaban J connectivity index is 1.86. The number of fused-ring (bicyclic) bond motifs is 1. The molecule has 2 aromatic heterocycles.